The lowest BCUT2D eigenvalue weighted by atomic mass is 9.44. The fourth-order valence-electron chi connectivity index (χ4n) is 17.4. The largest absolute Gasteiger partial charge is 0.394 e. The Kier molecular flexibility index (Phi) is 19.3. The van der Waals surface area contributed by atoms with Gasteiger partial charge in [0.15, 0.2) is 37.2 Å². The summed E-state index contributed by atoms with van der Waals surface area (Å²) in [4.78, 5) is 0. The van der Waals surface area contributed by atoms with E-state index in [1.54, 1.807) is 0 Å². The van der Waals surface area contributed by atoms with Crippen LogP contribution in [0.4, 0.5) is 0 Å². The van der Waals surface area contributed by atoms with Crippen LogP contribution in [-0.2, 0) is 56.8 Å². The quantitative estimate of drug-likeness (QED) is 0.0722. The van der Waals surface area contributed by atoms with E-state index < -0.39 is 198 Å². The standard InChI is InChI=1S/C56H92O28/c1-20-7-10-56(74-18-20)21(2)34-29(84-56)12-25-23-6-5-22-11-28(26(61)13-55(22,4)24(23)8-9-54(25,34)3)75-50-43(71)39(67)46(33(17-60)78-50)81-53-48(47(37(65)31(15-58)77-53)82-49-41(69)35(63)27(62)19-73-49)83-52-44(72)40(68)45(32(16-59)79-52)80-51-42(70)38(66)36(64)30(14-57)76-51/h20-53,57-72H,5-19H2,1-4H3. The van der Waals surface area contributed by atoms with Crippen LogP contribution in [0.15, 0.2) is 0 Å². The summed E-state index contributed by atoms with van der Waals surface area (Å²) in [5.74, 6) is 2.12. The highest BCUT2D eigenvalue weighted by molar-refractivity contribution is 5.16. The van der Waals surface area contributed by atoms with Crippen LogP contribution >= 0.6 is 0 Å². The molecule has 0 amide bonds. The molecule has 7 aliphatic heterocycles. The average molecular weight is 1210 g/mol. The summed E-state index contributed by atoms with van der Waals surface area (Å²) in [6.07, 6.45) is -38.5. The smallest absolute Gasteiger partial charge is 0.187 e. The molecular formula is C56H92O28. The Morgan fingerprint density at radius 3 is 1.62 bits per heavy atom. The number of fused-ring (bicyclic) bond motifs is 7. The van der Waals surface area contributed by atoms with Gasteiger partial charge in [0.2, 0.25) is 0 Å². The Morgan fingerprint density at radius 2 is 1.00 bits per heavy atom. The molecule has 0 aromatic rings. The highest BCUT2D eigenvalue weighted by Crippen LogP contribution is 2.71. The lowest BCUT2D eigenvalue weighted by Crippen LogP contribution is -2.69. The predicted molar refractivity (Wildman–Crippen MR) is 276 cm³/mol. The van der Waals surface area contributed by atoms with Gasteiger partial charge in [-0.25, -0.2) is 0 Å². The van der Waals surface area contributed by atoms with E-state index in [4.69, 9.17) is 56.8 Å². The fourth-order valence-corrected chi connectivity index (χ4v) is 17.4. The Morgan fingerprint density at radius 1 is 0.452 bits per heavy atom. The Bertz CT molecular complexity index is 2180. The Balaban J connectivity index is 0.781. The topological polar surface area (TPSA) is 434 Å². The van der Waals surface area contributed by atoms with Gasteiger partial charge in [-0.15, -0.1) is 0 Å². The molecule has 28 heteroatoms. The van der Waals surface area contributed by atoms with Crippen LogP contribution in [0.5, 0.6) is 0 Å². The van der Waals surface area contributed by atoms with Gasteiger partial charge in [0.05, 0.1) is 58.0 Å². The van der Waals surface area contributed by atoms with E-state index in [2.05, 4.69) is 27.7 Å². The van der Waals surface area contributed by atoms with Crippen LogP contribution in [0, 0.1) is 52.3 Å². The van der Waals surface area contributed by atoms with E-state index in [0.717, 1.165) is 51.6 Å². The Labute approximate surface area is 486 Å². The van der Waals surface area contributed by atoms with Gasteiger partial charge in [0.1, 0.15) is 116 Å². The second-order valence-corrected chi connectivity index (χ2v) is 26.8. The summed E-state index contributed by atoms with van der Waals surface area (Å²) in [5.41, 5.74) is -0.122. The molecule has 7 heterocycles. The molecule has 84 heavy (non-hydrogen) atoms. The first-order valence-corrected chi connectivity index (χ1v) is 30.3. The van der Waals surface area contributed by atoms with Crippen LogP contribution in [0.1, 0.15) is 85.5 Å². The average Bonchev–Trinajstić information content (AvgIpc) is 2.67. The van der Waals surface area contributed by atoms with E-state index >= 15 is 0 Å². The number of ether oxygens (including phenoxy) is 12. The van der Waals surface area contributed by atoms with Gasteiger partial charge in [0.25, 0.3) is 0 Å². The summed E-state index contributed by atoms with van der Waals surface area (Å²) in [5, 5.41) is 175. The minimum Gasteiger partial charge on any atom is -0.394 e. The van der Waals surface area contributed by atoms with Crippen LogP contribution in [-0.4, -0.2) is 293 Å². The van der Waals surface area contributed by atoms with E-state index in [9.17, 15) is 81.7 Å². The SMILES string of the molecule is CC1CCC2(OC1)OC1CC3C4CCC5CC(OC6OC(CO)C(OC7OC(CO)C(O)C(OC8OCC(O)C(O)C8O)C7OC7OC(CO)C(OC8OC(CO)C(O)C(O)C8O)C(O)C7O)C(O)C6O)C(O)CC5(C)C4CCC3(C)C1C2C. The van der Waals surface area contributed by atoms with Crippen molar-refractivity contribution >= 4 is 0 Å². The molecule has 11 fully saturated rings. The molecule has 11 aliphatic rings. The van der Waals surface area contributed by atoms with Gasteiger partial charge in [-0.3, -0.25) is 0 Å². The second kappa shape index (κ2) is 25.2. The molecule has 0 aromatic carbocycles. The van der Waals surface area contributed by atoms with Crippen molar-refractivity contribution in [2.45, 2.75) is 257 Å². The fraction of sp³-hybridized carbons (Fsp3) is 1.00. The highest BCUT2D eigenvalue weighted by atomic mass is 16.8. The molecule has 37 unspecified atom stereocenters. The first-order valence-electron chi connectivity index (χ1n) is 30.3. The molecule has 28 nitrogen and oxygen atoms in total. The number of aliphatic hydroxyl groups is 16. The predicted octanol–water partition coefficient (Wildman–Crippen LogP) is -5.48. The highest BCUT2D eigenvalue weighted by Gasteiger charge is 2.70. The lowest BCUT2D eigenvalue weighted by Gasteiger charge is -2.62. The van der Waals surface area contributed by atoms with E-state index in [1.807, 2.05) is 0 Å². The maximum Gasteiger partial charge on any atom is 0.187 e. The maximum absolute atomic E-state index is 12.1. The third-order valence-corrected chi connectivity index (χ3v) is 22.1. The first-order chi connectivity index (χ1) is 39.9. The van der Waals surface area contributed by atoms with E-state index in [0.29, 0.717) is 42.4 Å². The number of rotatable bonds is 14. The van der Waals surface area contributed by atoms with Crippen molar-refractivity contribution in [1.29, 1.82) is 0 Å². The van der Waals surface area contributed by atoms with Crippen LogP contribution in [0.3, 0.4) is 0 Å². The van der Waals surface area contributed by atoms with Gasteiger partial charge in [-0.1, -0.05) is 27.7 Å². The minimum absolute atomic E-state index is 0.103. The van der Waals surface area contributed by atoms with Gasteiger partial charge in [0, 0.05) is 12.3 Å². The molecule has 37 atom stereocenters. The monoisotopic (exact) mass is 1210 g/mol. The lowest BCUT2D eigenvalue weighted by molar-refractivity contribution is -0.409. The molecule has 4 saturated carbocycles. The second-order valence-electron chi connectivity index (χ2n) is 26.8. The zero-order valence-corrected chi connectivity index (χ0v) is 47.8. The zero-order valence-electron chi connectivity index (χ0n) is 47.8. The summed E-state index contributed by atoms with van der Waals surface area (Å²) >= 11 is 0. The molecule has 7 saturated heterocycles. The van der Waals surface area contributed by atoms with Crippen molar-refractivity contribution in [3.05, 3.63) is 0 Å². The van der Waals surface area contributed by atoms with Gasteiger partial charge in [-0.2, -0.15) is 0 Å². The van der Waals surface area contributed by atoms with Crippen molar-refractivity contribution in [2.24, 2.45) is 52.3 Å². The number of hydrogen-bond acceptors (Lipinski definition) is 28. The summed E-state index contributed by atoms with van der Waals surface area (Å²) in [6, 6.07) is 0. The Hall–Kier alpha value is -1.12. The van der Waals surface area contributed by atoms with Crippen molar-refractivity contribution in [3.8, 4) is 0 Å². The van der Waals surface area contributed by atoms with E-state index in [1.165, 1.54) is 0 Å². The first kappa shape index (κ1) is 64.4. The molecule has 16 N–H and O–H groups in total. The third kappa shape index (κ3) is 11.2. The molecule has 0 bridgehead atoms. The summed E-state index contributed by atoms with van der Waals surface area (Å²) < 4.78 is 73.0. The molecule has 0 aromatic heterocycles. The molecule has 484 valence electrons. The molecule has 11 rings (SSSR count). The van der Waals surface area contributed by atoms with E-state index in [-0.39, 0.29) is 28.8 Å². The van der Waals surface area contributed by atoms with Crippen molar-refractivity contribution in [3.63, 3.8) is 0 Å². The minimum atomic E-state index is -2.21. The van der Waals surface area contributed by atoms with Crippen molar-refractivity contribution in [2.75, 3.05) is 39.6 Å². The number of aliphatic hydroxyl groups excluding tert-OH is 16. The van der Waals surface area contributed by atoms with Gasteiger partial charge >= 0.3 is 0 Å². The van der Waals surface area contributed by atoms with Gasteiger partial charge < -0.3 is 139 Å². The third-order valence-electron chi connectivity index (χ3n) is 22.1. The van der Waals surface area contributed by atoms with Crippen LogP contribution in [0.2, 0.25) is 0 Å². The molecule has 4 aliphatic carbocycles. The number of hydrogen-bond donors (Lipinski definition) is 16. The van der Waals surface area contributed by atoms with Gasteiger partial charge in [-0.05, 0) is 97.7 Å². The van der Waals surface area contributed by atoms with Crippen molar-refractivity contribution < 1.29 is 139 Å². The normalized spacial score (nSPS) is 57.7. The van der Waals surface area contributed by atoms with Crippen LogP contribution < -0.4 is 0 Å². The van der Waals surface area contributed by atoms with Crippen molar-refractivity contribution in [1.82, 2.24) is 0 Å². The molecule has 0 radical (unpaired) electrons. The maximum atomic E-state index is 12.1. The zero-order chi connectivity index (χ0) is 60.2. The van der Waals surface area contributed by atoms with Crippen LogP contribution in [0.25, 0.3) is 0 Å². The molecular weight excluding hydrogens is 1120 g/mol. The summed E-state index contributed by atoms with van der Waals surface area (Å²) in [7, 11) is 0. The molecule has 1 spiro atoms. The summed E-state index contributed by atoms with van der Waals surface area (Å²) in [6.45, 7) is 5.78.